The molecule has 20 heavy (non-hydrogen) atoms. The van der Waals surface area contributed by atoms with Crippen LogP contribution < -0.4 is 5.73 Å². The van der Waals surface area contributed by atoms with Crippen LogP contribution >= 0.6 is 11.3 Å². The molecule has 3 nitrogen and oxygen atoms in total. The van der Waals surface area contributed by atoms with Crippen LogP contribution in [0.4, 0.5) is 0 Å². The van der Waals surface area contributed by atoms with Gasteiger partial charge in [0.25, 0.3) is 0 Å². The Morgan fingerprint density at radius 1 is 1.45 bits per heavy atom. The quantitative estimate of drug-likeness (QED) is 0.926. The lowest BCUT2D eigenvalue weighted by atomic mass is 9.72. The van der Waals surface area contributed by atoms with Gasteiger partial charge in [0.05, 0.1) is 18.6 Å². The highest BCUT2D eigenvalue weighted by Gasteiger charge is 2.44. The molecule has 1 aromatic rings. The maximum atomic E-state index is 6.18. The van der Waals surface area contributed by atoms with Gasteiger partial charge in [0.1, 0.15) is 0 Å². The van der Waals surface area contributed by atoms with Gasteiger partial charge in [-0.15, -0.1) is 11.3 Å². The predicted octanol–water partition coefficient (Wildman–Crippen LogP) is 3.46. The first-order valence-corrected chi connectivity index (χ1v) is 8.59. The smallest absolute Gasteiger partial charge is 0.192 e. The van der Waals surface area contributed by atoms with Crippen molar-refractivity contribution in [3.63, 3.8) is 0 Å². The summed E-state index contributed by atoms with van der Waals surface area (Å²) in [5.41, 5.74) is 6.38. The lowest BCUT2D eigenvalue weighted by molar-refractivity contribution is 0.0975. The third kappa shape index (κ3) is 2.46. The molecule has 3 rings (SSSR count). The highest BCUT2D eigenvalue weighted by Crippen LogP contribution is 2.42. The third-order valence-electron chi connectivity index (χ3n) is 5.18. The van der Waals surface area contributed by atoms with Crippen LogP contribution in [-0.2, 0) is 6.54 Å². The first kappa shape index (κ1) is 13.9. The van der Waals surface area contributed by atoms with Crippen molar-refractivity contribution in [2.24, 2.45) is 22.6 Å². The summed E-state index contributed by atoms with van der Waals surface area (Å²) in [6.45, 7) is 6.53. The van der Waals surface area contributed by atoms with Gasteiger partial charge in [-0.3, -0.25) is 4.99 Å². The lowest BCUT2D eigenvalue weighted by Gasteiger charge is -2.44. The van der Waals surface area contributed by atoms with E-state index < -0.39 is 0 Å². The number of nitrogens with zero attached hydrogens (tertiary/aromatic N) is 2. The summed E-state index contributed by atoms with van der Waals surface area (Å²) >= 11 is 1.81. The zero-order valence-corrected chi connectivity index (χ0v) is 13.3. The Labute approximate surface area is 125 Å². The minimum atomic E-state index is 0.208. The molecule has 0 amide bonds. The van der Waals surface area contributed by atoms with Crippen LogP contribution in [0.1, 0.15) is 44.4 Å². The summed E-state index contributed by atoms with van der Waals surface area (Å²) in [5.74, 6) is 2.44. The van der Waals surface area contributed by atoms with Crippen molar-refractivity contribution in [1.82, 2.24) is 4.90 Å². The molecule has 4 heteroatoms. The Bertz CT molecular complexity index is 470. The Morgan fingerprint density at radius 3 is 2.80 bits per heavy atom. The van der Waals surface area contributed by atoms with Crippen LogP contribution in [0.5, 0.6) is 0 Å². The van der Waals surface area contributed by atoms with Gasteiger partial charge in [-0.1, -0.05) is 19.9 Å². The van der Waals surface area contributed by atoms with Gasteiger partial charge in [0.2, 0.25) is 0 Å². The average molecular weight is 291 g/mol. The maximum absolute atomic E-state index is 6.18. The molecule has 1 fully saturated rings. The van der Waals surface area contributed by atoms with Gasteiger partial charge in [-0.25, -0.2) is 0 Å². The normalized spacial score (nSPS) is 30.2. The third-order valence-corrected chi connectivity index (χ3v) is 6.04. The second kappa shape index (κ2) is 5.40. The second-order valence-electron chi connectivity index (χ2n) is 6.65. The first-order chi connectivity index (χ1) is 9.61. The molecule has 0 saturated heterocycles. The number of thiophene rings is 1. The van der Waals surface area contributed by atoms with Crippen LogP contribution in [0.2, 0.25) is 0 Å². The fourth-order valence-corrected chi connectivity index (χ4v) is 4.41. The Balaban J connectivity index is 1.73. The summed E-state index contributed by atoms with van der Waals surface area (Å²) in [4.78, 5) is 8.34. The summed E-state index contributed by atoms with van der Waals surface area (Å²) in [6.07, 6.45) is 5.12. The van der Waals surface area contributed by atoms with Crippen molar-refractivity contribution < 1.29 is 0 Å². The van der Waals surface area contributed by atoms with Crippen molar-refractivity contribution >= 4 is 17.3 Å². The van der Waals surface area contributed by atoms with Crippen LogP contribution in [-0.4, -0.2) is 22.9 Å². The Kier molecular flexibility index (Phi) is 3.76. The van der Waals surface area contributed by atoms with Gasteiger partial charge in [-0.05, 0) is 49.0 Å². The van der Waals surface area contributed by atoms with E-state index in [-0.39, 0.29) is 5.54 Å². The SMILES string of the molecule is CC(C)C1CCC2(CC1)CN=C(N)N2Cc1cccs1. The van der Waals surface area contributed by atoms with Crippen molar-refractivity contribution in [2.75, 3.05) is 6.54 Å². The van der Waals surface area contributed by atoms with Gasteiger partial charge >= 0.3 is 0 Å². The van der Waals surface area contributed by atoms with E-state index in [1.165, 1.54) is 30.6 Å². The summed E-state index contributed by atoms with van der Waals surface area (Å²) in [6, 6.07) is 4.31. The molecule has 1 saturated carbocycles. The fraction of sp³-hybridized carbons (Fsp3) is 0.688. The van der Waals surface area contributed by atoms with E-state index in [9.17, 15) is 0 Å². The number of hydrogen-bond donors (Lipinski definition) is 1. The first-order valence-electron chi connectivity index (χ1n) is 7.71. The number of rotatable bonds is 3. The molecule has 1 spiro atoms. The molecular weight excluding hydrogens is 266 g/mol. The summed E-state index contributed by atoms with van der Waals surface area (Å²) < 4.78 is 0. The van der Waals surface area contributed by atoms with E-state index in [1.54, 1.807) is 0 Å². The zero-order chi connectivity index (χ0) is 14.2. The highest BCUT2D eigenvalue weighted by molar-refractivity contribution is 7.09. The highest BCUT2D eigenvalue weighted by atomic mass is 32.1. The molecule has 0 unspecified atom stereocenters. The molecule has 110 valence electrons. The second-order valence-corrected chi connectivity index (χ2v) is 7.68. The lowest BCUT2D eigenvalue weighted by Crippen LogP contribution is -2.53. The topological polar surface area (TPSA) is 41.6 Å². The number of aliphatic imine (C=N–C) groups is 1. The van der Waals surface area contributed by atoms with E-state index in [0.717, 1.165) is 30.9 Å². The molecule has 0 radical (unpaired) electrons. The van der Waals surface area contributed by atoms with Crippen molar-refractivity contribution in [2.45, 2.75) is 51.6 Å². The standard InChI is InChI=1S/C16H25N3S/c1-12(2)13-5-7-16(8-6-13)11-18-15(17)19(16)10-14-4-3-9-20-14/h3-4,9,12-13H,5-8,10-11H2,1-2H3,(H2,17,18). The van der Waals surface area contributed by atoms with Crippen LogP contribution in [0.25, 0.3) is 0 Å². The minimum absolute atomic E-state index is 0.208. The van der Waals surface area contributed by atoms with Crippen molar-refractivity contribution in [3.8, 4) is 0 Å². The molecule has 0 aromatic carbocycles. The fourth-order valence-electron chi connectivity index (χ4n) is 3.72. The maximum Gasteiger partial charge on any atom is 0.192 e. The molecule has 2 aliphatic rings. The summed E-state index contributed by atoms with van der Waals surface area (Å²) in [7, 11) is 0. The van der Waals surface area contributed by atoms with Gasteiger partial charge in [0, 0.05) is 4.88 Å². The predicted molar refractivity (Wildman–Crippen MR) is 85.9 cm³/mol. The van der Waals surface area contributed by atoms with Crippen LogP contribution in [0, 0.1) is 11.8 Å². The Morgan fingerprint density at radius 2 is 2.20 bits per heavy atom. The van der Waals surface area contributed by atoms with E-state index in [4.69, 9.17) is 5.73 Å². The zero-order valence-electron chi connectivity index (χ0n) is 12.5. The molecule has 1 aromatic heterocycles. The van der Waals surface area contributed by atoms with Crippen LogP contribution in [0.15, 0.2) is 22.5 Å². The van der Waals surface area contributed by atoms with Crippen LogP contribution in [0.3, 0.4) is 0 Å². The van der Waals surface area contributed by atoms with E-state index in [2.05, 4.69) is 41.3 Å². The number of guanidine groups is 1. The van der Waals surface area contributed by atoms with E-state index in [1.807, 2.05) is 11.3 Å². The van der Waals surface area contributed by atoms with Gasteiger partial charge in [-0.2, -0.15) is 0 Å². The number of nitrogens with two attached hydrogens (primary N) is 1. The minimum Gasteiger partial charge on any atom is -0.370 e. The molecule has 0 bridgehead atoms. The average Bonchev–Trinajstić information content (AvgIpc) is 3.04. The van der Waals surface area contributed by atoms with Gasteiger partial charge in [0.15, 0.2) is 5.96 Å². The Hall–Kier alpha value is -1.03. The molecule has 2 N–H and O–H groups in total. The number of hydrogen-bond acceptors (Lipinski definition) is 4. The summed E-state index contributed by atoms with van der Waals surface area (Å²) in [5, 5.41) is 2.14. The van der Waals surface area contributed by atoms with Gasteiger partial charge < -0.3 is 10.6 Å². The molecule has 2 heterocycles. The largest absolute Gasteiger partial charge is 0.370 e. The van der Waals surface area contributed by atoms with Crippen molar-refractivity contribution in [3.05, 3.63) is 22.4 Å². The molecule has 1 aliphatic heterocycles. The molecule has 1 aliphatic carbocycles. The monoisotopic (exact) mass is 291 g/mol. The van der Waals surface area contributed by atoms with E-state index in [0.29, 0.717) is 0 Å². The molecule has 0 atom stereocenters. The molecular formula is C16H25N3S. The van der Waals surface area contributed by atoms with Crippen molar-refractivity contribution in [1.29, 1.82) is 0 Å². The van der Waals surface area contributed by atoms with E-state index >= 15 is 0 Å².